The van der Waals surface area contributed by atoms with Crippen LogP contribution < -0.4 is 0 Å². The summed E-state index contributed by atoms with van der Waals surface area (Å²) >= 11 is 0. The van der Waals surface area contributed by atoms with Gasteiger partial charge in [0, 0.05) is 42.1 Å². The maximum absolute atomic E-state index is 13.7. The van der Waals surface area contributed by atoms with Crippen LogP contribution in [0.3, 0.4) is 0 Å². The highest BCUT2D eigenvalue weighted by atomic mass is 19.4. The van der Waals surface area contributed by atoms with Crippen LogP contribution in [0, 0.1) is 5.92 Å². The minimum Gasteiger partial charge on any atom is -0.342 e. The molecule has 154 valence electrons. The molecule has 0 spiro atoms. The zero-order valence-electron chi connectivity index (χ0n) is 17.0. The van der Waals surface area contributed by atoms with Gasteiger partial charge in [-0.3, -0.25) is 4.79 Å². The zero-order chi connectivity index (χ0) is 20.9. The molecule has 2 aromatic heterocycles. The molecule has 5 nitrogen and oxygen atoms in total. The average molecular weight is 396 g/mol. The Hall–Kier alpha value is -2.12. The number of carbonyl (C=O) groups excluding carboxylic acids is 1. The van der Waals surface area contributed by atoms with E-state index in [0.717, 1.165) is 10.6 Å². The molecule has 1 amide bonds. The Labute approximate surface area is 162 Å². The number of likely N-dealkylation sites (tertiary alicyclic amines) is 1. The number of hydrogen-bond acceptors (Lipinski definition) is 3. The van der Waals surface area contributed by atoms with Crippen molar-refractivity contribution in [2.75, 3.05) is 13.1 Å². The SMILES string of the molecule is CC(C)C(=O)N1CCC(c2cc(C(F)(F)F)n3nc(C(C)(C)C)cc3n2)CC1. The van der Waals surface area contributed by atoms with Gasteiger partial charge < -0.3 is 4.90 Å². The van der Waals surface area contributed by atoms with Crippen molar-refractivity contribution in [2.45, 2.75) is 65.0 Å². The van der Waals surface area contributed by atoms with Crippen LogP contribution in [0.15, 0.2) is 12.1 Å². The lowest BCUT2D eigenvalue weighted by molar-refractivity contribution is -0.142. The maximum Gasteiger partial charge on any atom is 0.433 e. The van der Waals surface area contributed by atoms with Crippen molar-refractivity contribution in [3.63, 3.8) is 0 Å². The van der Waals surface area contributed by atoms with Crippen molar-refractivity contribution in [1.29, 1.82) is 0 Å². The van der Waals surface area contributed by atoms with E-state index in [1.807, 2.05) is 34.6 Å². The molecule has 1 saturated heterocycles. The van der Waals surface area contributed by atoms with E-state index in [4.69, 9.17) is 0 Å². The van der Waals surface area contributed by atoms with Gasteiger partial charge in [-0.15, -0.1) is 0 Å². The lowest BCUT2D eigenvalue weighted by Crippen LogP contribution is -2.40. The summed E-state index contributed by atoms with van der Waals surface area (Å²) in [6.07, 6.45) is -3.30. The number of halogens is 3. The molecule has 3 heterocycles. The molecule has 2 aromatic rings. The van der Waals surface area contributed by atoms with Crippen molar-refractivity contribution >= 4 is 11.6 Å². The van der Waals surface area contributed by atoms with Crippen LogP contribution in [0.5, 0.6) is 0 Å². The second kappa shape index (κ2) is 7.04. The molecule has 1 fully saturated rings. The number of fused-ring (bicyclic) bond motifs is 1. The van der Waals surface area contributed by atoms with Gasteiger partial charge in [0.1, 0.15) is 5.69 Å². The van der Waals surface area contributed by atoms with E-state index in [1.165, 1.54) is 0 Å². The van der Waals surface area contributed by atoms with E-state index in [-0.39, 0.29) is 28.8 Å². The second-order valence-electron chi connectivity index (χ2n) is 8.87. The highest BCUT2D eigenvalue weighted by Gasteiger charge is 2.37. The Balaban J connectivity index is 1.95. The summed E-state index contributed by atoms with van der Waals surface area (Å²) < 4.78 is 42.0. The fourth-order valence-corrected chi connectivity index (χ4v) is 3.53. The molecule has 0 aliphatic carbocycles. The average Bonchev–Trinajstić information content (AvgIpc) is 3.03. The van der Waals surface area contributed by atoms with E-state index in [0.29, 0.717) is 37.3 Å². The van der Waals surface area contributed by atoms with Crippen molar-refractivity contribution in [2.24, 2.45) is 5.92 Å². The topological polar surface area (TPSA) is 50.5 Å². The van der Waals surface area contributed by atoms with Crippen LogP contribution in [-0.4, -0.2) is 38.5 Å². The quantitative estimate of drug-likeness (QED) is 0.756. The second-order valence-corrected chi connectivity index (χ2v) is 8.87. The minimum atomic E-state index is -4.52. The molecule has 1 aliphatic heterocycles. The normalized spacial score (nSPS) is 17.0. The first-order chi connectivity index (χ1) is 12.9. The van der Waals surface area contributed by atoms with Gasteiger partial charge in [0.05, 0.1) is 5.69 Å². The molecule has 8 heteroatoms. The van der Waals surface area contributed by atoms with Crippen LogP contribution in [-0.2, 0) is 16.4 Å². The van der Waals surface area contributed by atoms with Gasteiger partial charge in [0.2, 0.25) is 5.91 Å². The Kier molecular flexibility index (Phi) is 5.18. The highest BCUT2D eigenvalue weighted by molar-refractivity contribution is 5.78. The van der Waals surface area contributed by atoms with Crippen molar-refractivity contribution in [3.8, 4) is 0 Å². The molecular weight excluding hydrogens is 369 g/mol. The van der Waals surface area contributed by atoms with Gasteiger partial charge in [-0.2, -0.15) is 18.3 Å². The number of nitrogens with zero attached hydrogens (tertiary/aromatic N) is 4. The molecule has 0 atom stereocenters. The van der Waals surface area contributed by atoms with E-state index < -0.39 is 11.9 Å². The summed E-state index contributed by atoms with van der Waals surface area (Å²) in [6, 6.07) is 2.76. The Morgan fingerprint density at radius 1 is 1.14 bits per heavy atom. The number of rotatable bonds is 2. The summed E-state index contributed by atoms with van der Waals surface area (Å²) in [5.74, 6) is -0.0933. The van der Waals surface area contributed by atoms with Gasteiger partial charge in [0.15, 0.2) is 5.65 Å². The predicted octanol–water partition coefficient (Wildman–Crippen LogP) is 4.41. The van der Waals surface area contributed by atoms with Crippen molar-refractivity contribution in [1.82, 2.24) is 19.5 Å². The van der Waals surface area contributed by atoms with Gasteiger partial charge in [-0.05, 0) is 18.9 Å². The highest BCUT2D eigenvalue weighted by Crippen LogP contribution is 2.35. The Bertz CT molecular complexity index is 872. The largest absolute Gasteiger partial charge is 0.433 e. The smallest absolute Gasteiger partial charge is 0.342 e. The third-order valence-corrected chi connectivity index (χ3v) is 5.22. The van der Waals surface area contributed by atoms with E-state index in [1.54, 1.807) is 11.0 Å². The standard InChI is InChI=1S/C20H27F3N4O/c1-12(2)18(28)26-8-6-13(7-9-26)14-10-16(20(21,22)23)27-17(24-14)11-15(25-27)19(3,4)5/h10-13H,6-9H2,1-5H3. The van der Waals surface area contributed by atoms with Crippen LogP contribution in [0.25, 0.3) is 5.65 Å². The molecular formula is C20H27F3N4O. The van der Waals surface area contributed by atoms with Gasteiger partial charge in [-0.1, -0.05) is 34.6 Å². The first-order valence-electron chi connectivity index (χ1n) is 9.65. The van der Waals surface area contributed by atoms with Crippen LogP contribution in [0.2, 0.25) is 0 Å². The molecule has 1 aliphatic rings. The Morgan fingerprint density at radius 3 is 2.25 bits per heavy atom. The fraction of sp³-hybridized carbons (Fsp3) is 0.650. The summed E-state index contributed by atoms with van der Waals surface area (Å²) in [5.41, 5.74) is 0.0372. The number of aromatic nitrogens is 3. The van der Waals surface area contributed by atoms with E-state index in [9.17, 15) is 18.0 Å². The van der Waals surface area contributed by atoms with Crippen molar-refractivity contribution < 1.29 is 18.0 Å². The first kappa shape index (κ1) is 20.6. The summed E-state index contributed by atoms with van der Waals surface area (Å²) in [5, 5.41) is 4.17. The Morgan fingerprint density at radius 2 is 1.75 bits per heavy atom. The number of alkyl halides is 3. The summed E-state index contributed by atoms with van der Waals surface area (Å²) in [6.45, 7) is 10.5. The number of carbonyl (C=O) groups is 1. The zero-order valence-corrected chi connectivity index (χ0v) is 17.0. The predicted molar refractivity (Wildman–Crippen MR) is 100 cm³/mol. The molecule has 0 aromatic carbocycles. The fourth-order valence-electron chi connectivity index (χ4n) is 3.53. The van der Waals surface area contributed by atoms with Crippen LogP contribution in [0.1, 0.15) is 70.5 Å². The van der Waals surface area contributed by atoms with Crippen LogP contribution >= 0.6 is 0 Å². The van der Waals surface area contributed by atoms with E-state index in [2.05, 4.69) is 10.1 Å². The minimum absolute atomic E-state index is 0.0783. The summed E-state index contributed by atoms with van der Waals surface area (Å²) in [4.78, 5) is 18.4. The van der Waals surface area contributed by atoms with Gasteiger partial charge >= 0.3 is 6.18 Å². The van der Waals surface area contributed by atoms with Crippen LogP contribution in [0.4, 0.5) is 13.2 Å². The van der Waals surface area contributed by atoms with Crippen molar-refractivity contribution in [3.05, 3.63) is 29.2 Å². The summed E-state index contributed by atoms with van der Waals surface area (Å²) in [7, 11) is 0. The molecule has 0 bridgehead atoms. The number of amides is 1. The molecule has 0 saturated carbocycles. The lowest BCUT2D eigenvalue weighted by Gasteiger charge is -2.33. The monoisotopic (exact) mass is 396 g/mol. The molecule has 28 heavy (non-hydrogen) atoms. The lowest BCUT2D eigenvalue weighted by atomic mass is 9.92. The molecule has 3 rings (SSSR count). The van der Waals surface area contributed by atoms with E-state index >= 15 is 0 Å². The third kappa shape index (κ3) is 4.00. The number of piperidine rings is 1. The first-order valence-corrected chi connectivity index (χ1v) is 9.65. The third-order valence-electron chi connectivity index (χ3n) is 5.22. The number of hydrogen-bond donors (Lipinski definition) is 0. The molecule has 0 radical (unpaired) electrons. The molecule has 0 N–H and O–H groups in total. The maximum atomic E-state index is 13.7. The molecule has 0 unspecified atom stereocenters. The van der Waals surface area contributed by atoms with Gasteiger partial charge in [0.25, 0.3) is 0 Å². The van der Waals surface area contributed by atoms with Gasteiger partial charge in [-0.25, -0.2) is 9.50 Å².